The summed E-state index contributed by atoms with van der Waals surface area (Å²) < 4.78 is 5.16. The Kier molecular flexibility index (Phi) is 3.03. The highest BCUT2D eigenvalue weighted by Gasteiger charge is 2.39. The molecule has 0 aromatic heterocycles. The molecule has 0 aliphatic carbocycles. The van der Waals surface area contributed by atoms with Crippen molar-refractivity contribution < 1.29 is 14.3 Å². The van der Waals surface area contributed by atoms with Gasteiger partial charge in [-0.15, -0.1) is 0 Å². The van der Waals surface area contributed by atoms with Crippen LogP contribution in [0, 0.1) is 0 Å². The lowest BCUT2D eigenvalue weighted by Gasteiger charge is -2.46. The normalized spacial score (nSPS) is 30.0. The molecule has 2 unspecified atom stereocenters. The number of ether oxygens (including phenoxy) is 1. The van der Waals surface area contributed by atoms with E-state index in [2.05, 4.69) is 0 Å². The largest absolute Gasteiger partial charge is 0.442 e. The molecule has 0 bridgehead atoms. The third-order valence-corrected chi connectivity index (χ3v) is 3.38. The van der Waals surface area contributed by atoms with Gasteiger partial charge >= 0.3 is 12.0 Å². The van der Waals surface area contributed by atoms with Crippen LogP contribution in [0.1, 0.15) is 32.6 Å². The second-order valence-electron chi connectivity index (χ2n) is 4.54. The van der Waals surface area contributed by atoms with Crippen molar-refractivity contribution in [2.75, 3.05) is 13.6 Å². The number of amides is 2. The highest BCUT2D eigenvalue weighted by atomic mass is 16.6. The predicted molar refractivity (Wildman–Crippen MR) is 57.7 cm³/mol. The van der Waals surface area contributed by atoms with Crippen LogP contribution in [-0.2, 0) is 9.53 Å². The van der Waals surface area contributed by atoms with E-state index in [0.717, 1.165) is 32.2 Å². The lowest BCUT2D eigenvalue weighted by molar-refractivity contribution is -0.157. The first-order valence-electron chi connectivity index (χ1n) is 5.80. The molecule has 2 aliphatic rings. The summed E-state index contributed by atoms with van der Waals surface area (Å²) in [5.74, 6) is -0.325. The Balaban J connectivity index is 2.08. The van der Waals surface area contributed by atoms with E-state index in [9.17, 15) is 9.59 Å². The number of carbonyl (C=O) groups excluding carboxylic acids is 2. The summed E-state index contributed by atoms with van der Waals surface area (Å²) in [4.78, 5) is 26.4. The second kappa shape index (κ2) is 4.31. The van der Waals surface area contributed by atoms with Crippen molar-refractivity contribution >= 4 is 12.0 Å². The maximum atomic E-state index is 12.0. The number of rotatable bonds is 1. The molecule has 5 nitrogen and oxygen atoms in total. The minimum atomic E-state index is -0.385. The standard InChI is InChI=1S/C11H18N2O3/c1-8(14)16-10-7-9-5-3-4-6-13(9)11(15)12(10)2/h9-10H,3-7H2,1-2H3. The molecule has 0 aromatic carbocycles. The fourth-order valence-electron chi connectivity index (χ4n) is 2.53. The van der Waals surface area contributed by atoms with E-state index in [1.165, 1.54) is 11.8 Å². The quantitative estimate of drug-likeness (QED) is 0.631. The molecular weight excluding hydrogens is 208 g/mol. The van der Waals surface area contributed by atoms with Crippen LogP contribution in [0.3, 0.4) is 0 Å². The third-order valence-electron chi connectivity index (χ3n) is 3.38. The first-order chi connectivity index (χ1) is 7.59. The van der Waals surface area contributed by atoms with Gasteiger partial charge in [0.15, 0.2) is 6.23 Å². The maximum Gasteiger partial charge on any atom is 0.322 e. The number of hydrogen-bond acceptors (Lipinski definition) is 3. The van der Waals surface area contributed by atoms with Gasteiger partial charge in [-0.2, -0.15) is 0 Å². The molecule has 5 heteroatoms. The zero-order valence-electron chi connectivity index (χ0n) is 9.81. The molecule has 0 N–H and O–H groups in total. The average molecular weight is 226 g/mol. The summed E-state index contributed by atoms with van der Waals surface area (Å²) in [5.41, 5.74) is 0. The molecule has 16 heavy (non-hydrogen) atoms. The molecular formula is C11H18N2O3. The van der Waals surface area contributed by atoms with Gasteiger partial charge in [0.2, 0.25) is 0 Å². The summed E-state index contributed by atoms with van der Waals surface area (Å²) in [6, 6.07) is 0.240. The number of piperidine rings is 1. The highest BCUT2D eigenvalue weighted by molar-refractivity contribution is 5.76. The van der Waals surface area contributed by atoms with Gasteiger partial charge in [-0.3, -0.25) is 9.69 Å². The Labute approximate surface area is 95.3 Å². The summed E-state index contributed by atoms with van der Waals surface area (Å²) >= 11 is 0. The zero-order valence-corrected chi connectivity index (χ0v) is 9.81. The van der Waals surface area contributed by atoms with Crippen LogP contribution in [-0.4, -0.2) is 47.7 Å². The van der Waals surface area contributed by atoms with E-state index < -0.39 is 0 Å². The molecule has 2 aliphatic heterocycles. The number of urea groups is 1. The first-order valence-corrected chi connectivity index (χ1v) is 5.80. The SMILES string of the molecule is CC(=O)OC1CC2CCCCN2C(=O)N1C. The van der Waals surface area contributed by atoms with Crippen molar-refractivity contribution in [1.29, 1.82) is 0 Å². The molecule has 2 amide bonds. The Morgan fingerprint density at radius 3 is 2.88 bits per heavy atom. The van der Waals surface area contributed by atoms with Crippen LogP contribution in [0.15, 0.2) is 0 Å². The van der Waals surface area contributed by atoms with Crippen molar-refractivity contribution in [3.05, 3.63) is 0 Å². The van der Waals surface area contributed by atoms with Crippen molar-refractivity contribution in [3.63, 3.8) is 0 Å². The van der Waals surface area contributed by atoms with Crippen LogP contribution < -0.4 is 0 Å². The summed E-state index contributed by atoms with van der Waals surface area (Å²) in [5, 5.41) is 0. The predicted octanol–water partition coefficient (Wildman–Crippen LogP) is 1.19. The van der Waals surface area contributed by atoms with E-state index >= 15 is 0 Å². The van der Waals surface area contributed by atoms with Crippen LogP contribution in [0.25, 0.3) is 0 Å². The van der Waals surface area contributed by atoms with Gasteiger partial charge in [0.05, 0.1) is 0 Å². The lowest BCUT2D eigenvalue weighted by atomic mass is 9.97. The highest BCUT2D eigenvalue weighted by Crippen LogP contribution is 2.28. The Bertz CT molecular complexity index is 306. The minimum absolute atomic E-state index is 0.0119. The number of hydrogen-bond donors (Lipinski definition) is 0. The molecule has 0 spiro atoms. The van der Waals surface area contributed by atoms with Gasteiger partial charge in [-0.25, -0.2) is 4.79 Å². The van der Waals surface area contributed by atoms with E-state index in [-0.39, 0.29) is 24.3 Å². The Morgan fingerprint density at radius 2 is 2.19 bits per heavy atom. The van der Waals surface area contributed by atoms with Crippen LogP contribution in [0.2, 0.25) is 0 Å². The van der Waals surface area contributed by atoms with E-state index in [1.807, 2.05) is 4.90 Å². The Morgan fingerprint density at radius 1 is 1.44 bits per heavy atom. The number of fused-ring (bicyclic) bond motifs is 1. The molecule has 0 saturated carbocycles. The number of carbonyl (C=O) groups is 2. The lowest BCUT2D eigenvalue weighted by Crippen LogP contribution is -2.59. The van der Waals surface area contributed by atoms with Crippen molar-refractivity contribution in [3.8, 4) is 0 Å². The average Bonchev–Trinajstić information content (AvgIpc) is 2.25. The van der Waals surface area contributed by atoms with Crippen LogP contribution in [0.4, 0.5) is 4.79 Å². The molecule has 2 heterocycles. The van der Waals surface area contributed by atoms with Gasteiger partial charge in [-0.05, 0) is 19.3 Å². The molecule has 2 atom stereocenters. The molecule has 2 rings (SSSR count). The Hall–Kier alpha value is -1.26. The fraction of sp³-hybridized carbons (Fsp3) is 0.818. The third kappa shape index (κ3) is 1.99. The summed E-state index contributed by atoms with van der Waals surface area (Å²) in [7, 11) is 1.70. The van der Waals surface area contributed by atoms with Crippen LogP contribution >= 0.6 is 0 Å². The molecule has 0 aromatic rings. The smallest absolute Gasteiger partial charge is 0.322 e. The molecule has 90 valence electrons. The van der Waals surface area contributed by atoms with Gasteiger partial charge in [-0.1, -0.05) is 0 Å². The molecule has 2 fully saturated rings. The molecule has 0 radical (unpaired) electrons. The first kappa shape index (κ1) is 11.2. The van der Waals surface area contributed by atoms with E-state index in [0.29, 0.717) is 0 Å². The van der Waals surface area contributed by atoms with Crippen molar-refractivity contribution in [2.24, 2.45) is 0 Å². The molecule has 2 saturated heterocycles. The topological polar surface area (TPSA) is 49.9 Å². The van der Waals surface area contributed by atoms with Crippen molar-refractivity contribution in [2.45, 2.75) is 44.9 Å². The van der Waals surface area contributed by atoms with Gasteiger partial charge in [0.25, 0.3) is 0 Å². The minimum Gasteiger partial charge on any atom is -0.442 e. The zero-order chi connectivity index (χ0) is 11.7. The maximum absolute atomic E-state index is 12.0. The monoisotopic (exact) mass is 226 g/mol. The number of esters is 1. The number of nitrogens with zero attached hydrogens (tertiary/aromatic N) is 2. The second-order valence-corrected chi connectivity index (χ2v) is 4.54. The van der Waals surface area contributed by atoms with E-state index in [1.54, 1.807) is 7.05 Å². The van der Waals surface area contributed by atoms with Gasteiger partial charge in [0.1, 0.15) is 0 Å². The van der Waals surface area contributed by atoms with Crippen molar-refractivity contribution in [1.82, 2.24) is 9.80 Å². The van der Waals surface area contributed by atoms with Gasteiger partial charge in [0, 0.05) is 33.0 Å². The van der Waals surface area contributed by atoms with Crippen LogP contribution in [0.5, 0.6) is 0 Å². The summed E-state index contributed by atoms with van der Waals surface area (Å²) in [6.07, 6.45) is 3.61. The van der Waals surface area contributed by atoms with E-state index in [4.69, 9.17) is 4.74 Å². The summed E-state index contributed by atoms with van der Waals surface area (Å²) in [6.45, 7) is 2.21. The van der Waals surface area contributed by atoms with Gasteiger partial charge < -0.3 is 9.64 Å². The fourth-order valence-corrected chi connectivity index (χ4v) is 2.53.